The molecule has 6 nitrogen and oxygen atoms in total. The van der Waals surface area contributed by atoms with Crippen LogP contribution in [0.2, 0.25) is 0 Å². The Hall–Kier alpha value is -3.67. The van der Waals surface area contributed by atoms with Crippen LogP contribution in [0.4, 0.5) is 10.5 Å². The van der Waals surface area contributed by atoms with Crippen LogP contribution in [0, 0.1) is 6.92 Å². The molecule has 3 aromatic heterocycles. The second-order valence-corrected chi connectivity index (χ2v) is 6.25. The summed E-state index contributed by atoms with van der Waals surface area (Å²) in [5, 5.41) is 10.4. The standard InChI is InChI=1S/C21H19N5O/c1-15-19-8-7-18(24-21(27)23-13-16-9-11-22-12-10-16)14-26(19)25-20(15)17-5-3-2-4-6-17/h2-12,14H,13H2,1H3,(H2,23,24,27). The normalized spacial score (nSPS) is 10.7. The Bertz CT molecular complexity index is 1070. The molecule has 2 amide bonds. The largest absolute Gasteiger partial charge is 0.334 e. The highest BCUT2D eigenvalue weighted by Crippen LogP contribution is 2.26. The average molecular weight is 357 g/mol. The van der Waals surface area contributed by atoms with E-state index in [0.29, 0.717) is 12.2 Å². The second-order valence-electron chi connectivity index (χ2n) is 6.25. The quantitative estimate of drug-likeness (QED) is 0.579. The molecule has 2 N–H and O–H groups in total. The number of nitrogens with one attached hydrogen (secondary N) is 2. The van der Waals surface area contributed by atoms with E-state index in [9.17, 15) is 4.79 Å². The first-order chi connectivity index (χ1) is 13.2. The van der Waals surface area contributed by atoms with Crippen LogP contribution in [0.15, 0.2) is 73.2 Å². The highest BCUT2D eigenvalue weighted by atomic mass is 16.2. The van der Waals surface area contributed by atoms with E-state index in [1.807, 2.05) is 60.8 Å². The number of fused-ring (bicyclic) bond motifs is 1. The van der Waals surface area contributed by atoms with Crippen molar-refractivity contribution < 1.29 is 4.79 Å². The van der Waals surface area contributed by atoms with Gasteiger partial charge in [-0.25, -0.2) is 9.31 Å². The molecule has 0 unspecified atom stereocenters. The fourth-order valence-electron chi connectivity index (χ4n) is 2.98. The summed E-state index contributed by atoms with van der Waals surface area (Å²) in [6.07, 6.45) is 5.22. The SMILES string of the molecule is Cc1c(-c2ccccc2)nn2cc(NC(=O)NCc3ccncc3)ccc12. The molecule has 1 aromatic carbocycles. The molecule has 0 aliphatic carbocycles. The number of aryl methyl sites for hydroxylation is 1. The van der Waals surface area contributed by atoms with Crippen molar-refractivity contribution in [3.05, 3.63) is 84.3 Å². The number of hydrogen-bond donors (Lipinski definition) is 2. The summed E-state index contributed by atoms with van der Waals surface area (Å²) < 4.78 is 1.80. The first-order valence-electron chi connectivity index (χ1n) is 8.69. The predicted octanol–water partition coefficient (Wildman–Crippen LogP) is 4.03. The highest BCUT2D eigenvalue weighted by Gasteiger charge is 2.11. The Balaban J connectivity index is 1.51. The summed E-state index contributed by atoms with van der Waals surface area (Å²) in [4.78, 5) is 16.1. The van der Waals surface area contributed by atoms with Crippen molar-refractivity contribution in [2.45, 2.75) is 13.5 Å². The van der Waals surface area contributed by atoms with E-state index >= 15 is 0 Å². The van der Waals surface area contributed by atoms with Crippen LogP contribution in [-0.4, -0.2) is 20.6 Å². The molecular weight excluding hydrogens is 338 g/mol. The fourth-order valence-corrected chi connectivity index (χ4v) is 2.98. The van der Waals surface area contributed by atoms with Crippen molar-refractivity contribution in [1.29, 1.82) is 0 Å². The summed E-state index contributed by atoms with van der Waals surface area (Å²) in [5.41, 5.74) is 5.80. The molecule has 0 aliphatic heterocycles. The van der Waals surface area contributed by atoms with E-state index in [2.05, 4.69) is 27.6 Å². The van der Waals surface area contributed by atoms with Crippen molar-refractivity contribution >= 4 is 17.2 Å². The maximum atomic E-state index is 12.1. The molecule has 4 rings (SSSR count). The second kappa shape index (κ2) is 7.29. The minimum atomic E-state index is -0.265. The molecule has 0 radical (unpaired) electrons. The van der Waals surface area contributed by atoms with Crippen LogP contribution in [0.25, 0.3) is 16.8 Å². The average Bonchev–Trinajstić information content (AvgIpc) is 3.04. The minimum absolute atomic E-state index is 0.265. The van der Waals surface area contributed by atoms with Crippen molar-refractivity contribution in [3.8, 4) is 11.3 Å². The molecule has 134 valence electrons. The van der Waals surface area contributed by atoms with Crippen LogP contribution >= 0.6 is 0 Å². The third-order valence-electron chi connectivity index (χ3n) is 4.38. The van der Waals surface area contributed by atoms with Gasteiger partial charge in [-0.15, -0.1) is 0 Å². The molecule has 4 aromatic rings. The summed E-state index contributed by atoms with van der Waals surface area (Å²) in [5.74, 6) is 0. The number of urea groups is 1. The summed E-state index contributed by atoms with van der Waals surface area (Å²) >= 11 is 0. The van der Waals surface area contributed by atoms with Crippen molar-refractivity contribution in [2.24, 2.45) is 0 Å². The van der Waals surface area contributed by atoms with Crippen LogP contribution in [0.5, 0.6) is 0 Å². The van der Waals surface area contributed by atoms with E-state index in [-0.39, 0.29) is 6.03 Å². The van der Waals surface area contributed by atoms with Gasteiger partial charge in [0.2, 0.25) is 0 Å². The summed E-state index contributed by atoms with van der Waals surface area (Å²) in [7, 11) is 0. The molecule has 0 bridgehead atoms. The maximum absolute atomic E-state index is 12.1. The molecule has 0 saturated heterocycles. The van der Waals surface area contributed by atoms with E-state index in [4.69, 9.17) is 0 Å². The molecule has 0 spiro atoms. The summed E-state index contributed by atoms with van der Waals surface area (Å²) in [6, 6.07) is 17.4. The zero-order valence-electron chi connectivity index (χ0n) is 14.9. The Kier molecular flexibility index (Phi) is 4.53. The number of pyridine rings is 2. The highest BCUT2D eigenvalue weighted by molar-refractivity contribution is 5.89. The minimum Gasteiger partial charge on any atom is -0.334 e. The molecule has 27 heavy (non-hydrogen) atoms. The van der Waals surface area contributed by atoms with Gasteiger partial charge in [-0.1, -0.05) is 30.3 Å². The van der Waals surface area contributed by atoms with Crippen LogP contribution in [0.3, 0.4) is 0 Å². The lowest BCUT2D eigenvalue weighted by Crippen LogP contribution is -2.28. The Labute approximate surface area is 156 Å². The van der Waals surface area contributed by atoms with Gasteiger partial charge in [-0.05, 0) is 36.8 Å². The lowest BCUT2D eigenvalue weighted by atomic mass is 10.1. The van der Waals surface area contributed by atoms with Gasteiger partial charge in [0.25, 0.3) is 0 Å². The van der Waals surface area contributed by atoms with Crippen molar-refractivity contribution in [3.63, 3.8) is 0 Å². The van der Waals surface area contributed by atoms with Gasteiger partial charge in [0.05, 0.1) is 23.1 Å². The lowest BCUT2D eigenvalue weighted by molar-refractivity contribution is 0.251. The maximum Gasteiger partial charge on any atom is 0.319 e. The summed E-state index contributed by atoms with van der Waals surface area (Å²) in [6.45, 7) is 2.49. The van der Waals surface area contributed by atoms with Crippen molar-refractivity contribution in [1.82, 2.24) is 19.9 Å². The van der Waals surface area contributed by atoms with Gasteiger partial charge in [0, 0.05) is 30.1 Å². The van der Waals surface area contributed by atoms with Gasteiger partial charge in [0.1, 0.15) is 0 Å². The van der Waals surface area contributed by atoms with Crippen LogP contribution in [-0.2, 0) is 6.54 Å². The first-order valence-corrected chi connectivity index (χ1v) is 8.69. The molecule has 0 aliphatic rings. The number of benzene rings is 1. The molecule has 0 atom stereocenters. The number of nitrogens with zero attached hydrogens (tertiary/aromatic N) is 3. The lowest BCUT2D eigenvalue weighted by Gasteiger charge is -2.08. The van der Waals surface area contributed by atoms with Crippen LogP contribution < -0.4 is 10.6 Å². The van der Waals surface area contributed by atoms with E-state index in [0.717, 1.165) is 27.9 Å². The molecule has 3 heterocycles. The number of hydrogen-bond acceptors (Lipinski definition) is 3. The molecule has 0 fully saturated rings. The van der Waals surface area contributed by atoms with E-state index in [1.54, 1.807) is 16.9 Å². The molecule has 0 saturated carbocycles. The van der Waals surface area contributed by atoms with Crippen LogP contribution in [0.1, 0.15) is 11.1 Å². The molecular formula is C21H19N5O. The van der Waals surface area contributed by atoms with Gasteiger partial charge in [0.15, 0.2) is 0 Å². The zero-order chi connectivity index (χ0) is 18.6. The number of aromatic nitrogens is 3. The van der Waals surface area contributed by atoms with Crippen molar-refractivity contribution in [2.75, 3.05) is 5.32 Å². The Morgan fingerprint density at radius 3 is 2.59 bits per heavy atom. The number of amides is 2. The first kappa shape index (κ1) is 16.8. The molecule has 6 heteroatoms. The predicted molar refractivity (Wildman–Crippen MR) is 105 cm³/mol. The number of carbonyl (C=O) groups excluding carboxylic acids is 1. The van der Waals surface area contributed by atoms with Gasteiger partial charge >= 0.3 is 6.03 Å². The third-order valence-corrected chi connectivity index (χ3v) is 4.38. The monoisotopic (exact) mass is 357 g/mol. The van der Waals surface area contributed by atoms with E-state index in [1.165, 1.54) is 0 Å². The number of rotatable bonds is 4. The number of anilines is 1. The topological polar surface area (TPSA) is 71.3 Å². The van der Waals surface area contributed by atoms with Gasteiger partial charge in [-0.2, -0.15) is 5.10 Å². The Morgan fingerprint density at radius 2 is 1.81 bits per heavy atom. The number of carbonyl (C=O) groups is 1. The fraction of sp³-hybridized carbons (Fsp3) is 0.0952. The van der Waals surface area contributed by atoms with Gasteiger partial charge in [-0.3, -0.25) is 4.98 Å². The van der Waals surface area contributed by atoms with E-state index < -0.39 is 0 Å². The third kappa shape index (κ3) is 3.64. The smallest absolute Gasteiger partial charge is 0.319 e. The Morgan fingerprint density at radius 1 is 1.04 bits per heavy atom. The van der Waals surface area contributed by atoms with Gasteiger partial charge < -0.3 is 10.6 Å². The zero-order valence-corrected chi connectivity index (χ0v) is 14.9.